The van der Waals surface area contributed by atoms with Gasteiger partial charge in [0.05, 0.1) is 13.2 Å². The Morgan fingerprint density at radius 1 is 1.24 bits per heavy atom. The lowest BCUT2D eigenvalue weighted by molar-refractivity contribution is 0.0908. The van der Waals surface area contributed by atoms with E-state index in [1.807, 2.05) is 31.2 Å². The highest BCUT2D eigenvalue weighted by molar-refractivity contribution is 5.99. The minimum Gasteiger partial charge on any atom is -0.497 e. The summed E-state index contributed by atoms with van der Waals surface area (Å²) in [5, 5.41) is 3.58. The van der Waals surface area contributed by atoms with E-state index in [-0.39, 0.29) is 23.3 Å². The summed E-state index contributed by atoms with van der Waals surface area (Å²) in [5.41, 5.74) is 1.72. The Bertz CT molecular complexity index is 899. The zero-order valence-corrected chi connectivity index (χ0v) is 14.4. The second-order valence-electron chi connectivity index (χ2n) is 5.88. The van der Waals surface area contributed by atoms with Gasteiger partial charge in [-0.1, -0.05) is 31.2 Å². The van der Waals surface area contributed by atoms with Gasteiger partial charge < -0.3 is 14.5 Å². The average molecular weight is 341 g/mol. The van der Waals surface area contributed by atoms with Gasteiger partial charge in [0, 0.05) is 10.9 Å². The minimum atomic E-state index is -0.471. The van der Waals surface area contributed by atoms with Crippen molar-refractivity contribution in [3.05, 3.63) is 65.2 Å². The fraction of sp³-hybridized carbons (Fsp3) is 0.250. The molecule has 1 atom stereocenters. The van der Waals surface area contributed by atoms with Crippen LogP contribution in [0.15, 0.2) is 46.9 Å². The van der Waals surface area contributed by atoms with Crippen LogP contribution >= 0.6 is 0 Å². The van der Waals surface area contributed by atoms with Crippen LogP contribution < -0.4 is 10.1 Å². The number of hydrogen-bond donors (Lipinski definition) is 1. The van der Waals surface area contributed by atoms with Crippen molar-refractivity contribution < 1.29 is 18.3 Å². The van der Waals surface area contributed by atoms with Gasteiger partial charge in [0.1, 0.15) is 5.75 Å². The van der Waals surface area contributed by atoms with Gasteiger partial charge in [-0.3, -0.25) is 4.79 Å². The van der Waals surface area contributed by atoms with Gasteiger partial charge in [-0.05, 0) is 37.1 Å². The van der Waals surface area contributed by atoms with Gasteiger partial charge in [0.25, 0.3) is 5.91 Å². The molecule has 3 aromatic rings. The highest BCUT2D eigenvalue weighted by Gasteiger charge is 2.22. The molecule has 1 heterocycles. The summed E-state index contributed by atoms with van der Waals surface area (Å²) < 4.78 is 24.5. The number of benzene rings is 2. The molecule has 4 nitrogen and oxygen atoms in total. The van der Waals surface area contributed by atoms with Crippen molar-refractivity contribution in [2.75, 3.05) is 7.11 Å². The highest BCUT2D eigenvalue weighted by atomic mass is 19.1. The zero-order chi connectivity index (χ0) is 18.0. The Kier molecular flexibility index (Phi) is 4.74. The monoisotopic (exact) mass is 341 g/mol. The number of nitrogens with one attached hydrogen (secondary N) is 1. The molecule has 1 amide bonds. The molecule has 0 aliphatic carbocycles. The largest absolute Gasteiger partial charge is 0.497 e. The number of methoxy groups -OCH3 is 1. The number of carbonyl (C=O) groups is 1. The number of halogens is 1. The van der Waals surface area contributed by atoms with Crippen molar-refractivity contribution in [1.29, 1.82) is 0 Å². The molecule has 5 heteroatoms. The Hall–Kier alpha value is -2.82. The number of hydrogen-bond acceptors (Lipinski definition) is 3. The van der Waals surface area contributed by atoms with E-state index in [9.17, 15) is 9.18 Å². The molecule has 3 rings (SSSR count). The minimum absolute atomic E-state index is 0.114. The summed E-state index contributed by atoms with van der Waals surface area (Å²) in [6, 6.07) is 12.0. The van der Waals surface area contributed by atoms with Crippen LogP contribution in [0.5, 0.6) is 5.75 Å². The number of amides is 1. The maximum Gasteiger partial charge on any atom is 0.287 e. The van der Waals surface area contributed by atoms with Crippen LogP contribution in [0.4, 0.5) is 4.39 Å². The molecule has 0 unspecified atom stereocenters. The molecule has 2 aromatic carbocycles. The van der Waals surface area contributed by atoms with Crippen molar-refractivity contribution in [2.45, 2.75) is 26.3 Å². The summed E-state index contributed by atoms with van der Waals surface area (Å²) in [6.07, 6.45) is 0.714. The number of furan rings is 1. The van der Waals surface area contributed by atoms with Gasteiger partial charge in [-0.15, -0.1) is 0 Å². The summed E-state index contributed by atoms with van der Waals surface area (Å²) in [7, 11) is 1.61. The number of carbonyl (C=O) groups excluding carboxylic acids is 1. The predicted octanol–water partition coefficient (Wildman–Crippen LogP) is 4.77. The number of para-hydroxylation sites is 1. The molecule has 1 aromatic heterocycles. The summed E-state index contributed by atoms with van der Waals surface area (Å²) in [4.78, 5) is 12.7. The van der Waals surface area contributed by atoms with E-state index in [1.54, 1.807) is 26.2 Å². The first-order chi connectivity index (χ1) is 12.0. The van der Waals surface area contributed by atoms with Gasteiger partial charge >= 0.3 is 0 Å². The number of ether oxygens (including phenoxy) is 1. The fourth-order valence-electron chi connectivity index (χ4n) is 2.91. The van der Waals surface area contributed by atoms with E-state index in [1.165, 1.54) is 6.07 Å². The molecular weight excluding hydrogens is 321 g/mol. The molecule has 0 spiro atoms. The Morgan fingerprint density at radius 3 is 2.56 bits per heavy atom. The number of aryl methyl sites for hydroxylation is 1. The summed E-state index contributed by atoms with van der Waals surface area (Å²) in [6.45, 7) is 3.74. The third-order valence-corrected chi connectivity index (χ3v) is 4.35. The molecule has 0 radical (unpaired) electrons. The molecule has 130 valence electrons. The first kappa shape index (κ1) is 17.0. The van der Waals surface area contributed by atoms with Crippen LogP contribution in [-0.2, 0) is 0 Å². The van der Waals surface area contributed by atoms with Gasteiger partial charge in [0.2, 0.25) is 0 Å². The van der Waals surface area contributed by atoms with E-state index in [0.717, 1.165) is 11.3 Å². The standard InChI is InChI=1S/C20H20FNO3/c1-4-17(13-8-10-14(24-3)11-9-13)22-20(23)18-12(2)15-6-5-7-16(21)19(15)25-18/h5-11,17H,4H2,1-3H3,(H,22,23)/t17-/m0/s1. The lowest BCUT2D eigenvalue weighted by Crippen LogP contribution is -2.28. The van der Waals surface area contributed by atoms with E-state index in [4.69, 9.17) is 9.15 Å². The van der Waals surface area contributed by atoms with Crippen LogP contribution in [0.3, 0.4) is 0 Å². The first-order valence-corrected chi connectivity index (χ1v) is 8.17. The maximum absolute atomic E-state index is 13.9. The third-order valence-electron chi connectivity index (χ3n) is 4.35. The Morgan fingerprint density at radius 2 is 1.96 bits per heavy atom. The molecule has 1 N–H and O–H groups in total. The molecule has 0 aliphatic heterocycles. The van der Waals surface area contributed by atoms with Crippen LogP contribution in [0.25, 0.3) is 11.0 Å². The zero-order valence-electron chi connectivity index (χ0n) is 14.4. The van der Waals surface area contributed by atoms with Crippen LogP contribution in [0.1, 0.15) is 41.1 Å². The van der Waals surface area contributed by atoms with Gasteiger partial charge in [-0.2, -0.15) is 0 Å². The molecular formula is C20H20FNO3. The third kappa shape index (κ3) is 3.22. The van der Waals surface area contributed by atoms with Crippen molar-refractivity contribution in [3.63, 3.8) is 0 Å². The average Bonchev–Trinajstić information content (AvgIpc) is 2.98. The number of rotatable bonds is 5. The molecule has 0 saturated heterocycles. The lowest BCUT2D eigenvalue weighted by atomic mass is 10.0. The quantitative estimate of drug-likeness (QED) is 0.727. The Labute approximate surface area is 145 Å². The smallest absolute Gasteiger partial charge is 0.287 e. The summed E-state index contributed by atoms with van der Waals surface area (Å²) in [5.74, 6) is 0.0817. The Balaban J connectivity index is 1.87. The topological polar surface area (TPSA) is 51.5 Å². The van der Waals surface area contributed by atoms with Crippen LogP contribution in [0, 0.1) is 12.7 Å². The SMILES string of the molecule is CC[C@H](NC(=O)c1oc2c(F)cccc2c1C)c1ccc(OC)cc1. The molecule has 0 saturated carbocycles. The second kappa shape index (κ2) is 6.97. The van der Waals surface area contributed by atoms with Crippen molar-refractivity contribution in [1.82, 2.24) is 5.32 Å². The fourth-order valence-corrected chi connectivity index (χ4v) is 2.91. The van der Waals surface area contributed by atoms with Crippen LogP contribution in [0.2, 0.25) is 0 Å². The van der Waals surface area contributed by atoms with Crippen molar-refractivity contribution in [2.24, 2.45) is 0 Å². The molecule has 25 heavy (non-hydrogen) atoms. The highest BCUT2D eigenvalue weighted by Crippen LogP contribution is 2.28. The normalized spacial score (nSPS) is 12.2. The maximum atomic E-state index is 13.9. The van der Waals surface area contributed by atoms with E-state index >= 15 is 0 Å². The van der Waals surface area contributed by atoms with Crippen LogP contribution in [-0.4, -0.2) is 13.0 Å². The molecule has 0 bridgehead atoms. The predicted molar refractivity (Wildman–Crippen MR) is 94.4 cm³/mol. The van der Waals surface area contributed by atoms with Gasteiger partial charge in [0.15, 0.2) is 17.2 Å². The lowest BCUT2D eigenvalue weighted by Gasteiger charge is -2.17. The van der Waals surface area contributed by atoms with E-state index in [2.05, 4.69) is 5.32 Å². The van der Waals surface area contributed by atoms with Crippen molar-refractivity contribution >= 4 is 16.9 Å². The molecule has 0 fully saturated rings. The van der Waals surface area contributed by atoms with E-state index < -0.39 is 5.82 Å². The number of fused-ring (bicyclic) bond motifs is 1. The second-order valence-corrected chi connectivity index (χ2v) is 5.88. The van der Waals surface area contributed by atoms with Crippen molar-refractivity contribution in [3.8, 4) is 5.75 Å². The molecule has 0 aliphatic rings. The summed E-state index contributed by atoms with van der Waals surface area (Å²) >= 11 is 0. The van der Waals surface area contributed by atoms with E-state index in [0.29, 0.717) is 17.4 Å². The first-order valence-electron chi connectivity index (χ1n) is 8.17. The van der Waals surface area contributed by atoms with Gasteiger partial charge in [-0.25, -0.2) is 4.39 Å².